The predicted octanol–water partition coefficient (Wildman–Crippen LogP) is 2.47. The molecule has 0 aliphatic heterocycles. The van der Waals surface area contributed by atoms with Crippen LogP contribution < -0.4 is 25.4 Å². The Bertz CT molecular complexity index is 1630. The number of rotatable bonds is 14. The van der Waals surface area contributed by atoms with Crippen LogP contribution in [0.4, 0.5) is 0 Å². The zero-order chi connectivity index (χ0) is 33.2. The molecule has 0 aliphatic carbocycles. The summed E-state index contributed by atoms with van der Waals surface area (Å²) in [5, 5.41) is 29.2. The second-order valence-corrected chi connectivity index (χ2v) is 11.3. The molecule has 0 bridgehead atoms. The first-order chi connectivity index (χ1) is 22.1. The van der Waals surface area contributed by atoms with Crippen LogP contribution in [0.1, 0.15) is 35.3 Å². The number of benzene rings is 3. The number of carbonyl (C=O) groups is 3. The topological polar surface area (TPSA) is 159 Å². The number of carbonyl (C=O) groups excluding carboxylic acids is 3. The van der Waals surface area contributed by atoms with Gasteiger partial charge in [-0.1, -0.05) is 56.3 Å². The average molecular weight is 627 g/mol. The van der Waals surface area contributed by atoms with Gasteiger partial charge in [-0.2, -0.15) is 0 Å². The van der Waals surface area contributed by atoms with E-state index in [-0.39, 0.29) is 18.8 Å². The van der Waals surface area contributed by atoms with Crippen molar-refractivity contribution in [2.75, 3.05) is 14.2 Å². The van der Waals surface area contributed by atoms with Crippen LogP contribution >= 0.6 is 0 Å². The Hall–Kier alpha value is -4.94. The number of para-hydroxylation sites is 1. The van der Waals surface area contributed by atoms with Gasteiger partial charge in [0.25, 0.3) is 5.91 Å². The van der Waals surface area contributed by atoms with E-state index < -0.39 is 42.9 Å². The molecule has 0 radical (unpaired) electrons. The fourth-order valence-corrected chi connectivity index (χ4v) is 5.04. The minimum atomic E-state index is -1.86. The number of pyridine rings is 1. The predicted molar refractivity (Wildman–Crippen MR) is 175 cm³/mol. The van der Waals surface area contributed by atoms with E-state index in [1.165, 1.54) is 0 Å². The monoisotopic (exact) mass is 626 g/mol. The number of ether oxygens (including phenoxy) is 2. The highest BCUT2D eigenvalue weighted by Crippen LogP contribution is 2.18. The molecule has 5 N–H and O–H groups in total. The number of fused-ring (bicyclic) bond motifs is 1. The van der Waals surface area contributed by atoms with Crippen LogP contribution in [0, 0.1) is 5.92 Å². The van der Waals surface area contributed by atoms with Crippen molar-refractivity contribution >= 4 is 35.7 Å². The van der Waals surface area contributed by atoms with Crippen LogP contribution in [0.2, 0.25) is 0 Å². The molecule has 3 atom stereocenters. The van der Waals surface area contributed by atoms with E-state index in [0.717, 1.165) is 16.5 Å². The first-order valence-corrected chi connectivity index (χ1v) is 15.0. The minimum Gasteiger partial charge on any atom is -0.497 e. The summed E-state index contributed by atoms with van der Waals surface area (Å²) in [5.41, 5.74) is 2.30. The Balaban J connectivity index is 1.54. The van der Waals surface area contributed by atoms with E-state index >= 15 is 0 Å². The molecule has 0 spiro atoms. The fraction of sp³-hybridized carbons (Fsp3) is 0.294. The van der Waals surface area contributed by atoms with Gasteiger partial charge >= 0.3 is 7.12 Å². The van der Waals surface area contributed by atoms with Crippen LogP contribution in [-0.2, 0) is 22.4 Å². The Morgan fingerprint density at radius 1 is 0.761 bits per heavy atom. The summed E-state index contributed by atoms with van der Waals surface area (Å²) in [6.45, 7) is 3.52. The minimum absolute atomic E-state index is 0.126. The van der Waals surface area contributed by atoms with Crippen molar-refractivity contribution in [1.29, 1.82) is 0 Å². The number of hydrogen-bond donors (Lipinski definition) is 5. The van der Waals surface area contributed by atoms with Crippen LogP contribution in [0.3, 0.4) is 0 Å². The Kier molecular flexibility index (Phi) is 11.7. The summed E-state index contributed by atoms with van der Waals surface area (Å²) in [6, 6.07) is 20.9. The summed E-state index contributed by atoms with van der Waals surface area (Å²) in [6.07, 6.45) is 1.85. The highest BCUT2D eigenvalue weighted by atomic mass is 16.5. The molecule has 3 aromatic carbocycles. The molecular formula is C34H39BN4O7. The highest BCUT2D eigenvalue weighted by Gasteiger charge is 2.33. The molecule has 1 aromatic heterocycles. The standard InChI is InChI=1S/C34H39BN4O7/c1-21(2)30(34(42)38-29(35(43)44)20-23-12-16-26(46-4)17-13-23)39-33(41)28(19-22-10-14-25(45-3)15-11-22)37-32(40)27-9-5-7-24-8-6-18-36-31(24)27/h5-18,21,28-30,43-44H,19-20H2,1-4H3,(H,37,40)(H,38,42)(H,39,41)/t28-,29-,30-/m0/s1. The van der Waals surface area contributed by atoms with E-state index in [1.54, 1.807) is 101 Å². The molecule has 3 amide bonds. The average Bonchev–Trinajstić information content (AvgIpc) is 3.06. The number of methoxy groups -OCH3 is 2. The summed E-state index contributed by atoms with van der Waals surface area (Å²) in [4.78, 5) is 45.2. The van der Waals surface area contributed by atoms with Crippen molar-refractivity contribution in [2.24, 2.45) is 5.92 Å². The van der Waals surface area contributed by atoms with E-state index in [9.17, 15) is 24.4 Å². The van der Waals surface area contributed by atoms with Crippen molar-refractivity contribution in [3.63, 3.8) is 0 Å². The normalized spacial score (nSPS) is 12.9. The SMILES string of the molecule is COc1ccc(C[C@H](NC(=O)[C@@H](NC(=O)[C@H](Cc2ccc(OC)cc2)NC(=O)c2cccc3cccnc23)C(C)C)B(O)O)cc1. The van der Waals surface area contributed by atoms with Gasteiger partial charge in [-0.25, -0.2) is 0 Å². The number of nitrogens with zero attached hydrogens (tertiary/aromatic N) is 1. The van der Waals surface area contributed by atoms with Crippen molar-refractivity contribution in [1.82, 2.24) is 20.9 Å². The van der Waals surface area contributed by atoms with E-state index in [2.05, 4.69) is 20.9 Å². The molecule has 12 heteroatoms. The molecule has 4 aromatic rings. The number of amides is 3. The maximum atomic E-state index is 13.8. The lowest BCUT2D eigenvalue weighted by Gasteiger charge is -2.27. The van der Waals surface area contributed by atoms with Crippen molar-refractivity contribution in [2.45, 2.75) is 44.7 Å². The molecular weight excluding hydrogens is 587 g/mol. The van der Waals surface area contributed by atoms with E-state index in [4.69, 9.17) is 9.47 Å². The van der Waals surface area contributed by atoms with E-state index in [1.807, 2.05) is 12.1 Å². The van der Waals surface area contributed by atoms with Crippen LogP contribution in [0.15, 0.2) is 85.1 Å². The van der Waals surface area contributed by atoms with Crippen LogP contribution in [-0.4, -0.2) is 72.1 Å². The van der Waals surface area contributed by atoms with Gasteiger partial charge in [-0.15, -0.1) is 0 Å². The molecule has 0 aliphatic rings. The lowest BCUT2D eigenvalue weighted by molar-refractivity contribution is -0.131. The third kappa shape index (κ3) is 8.83. The van der Waals surface area contributed by atoms with Gasteiger partial charge in [0.15, 0.2) is 0 Å². The smallest absolute Gasteiger partial charge is 0.475 e. The molecule has 0 saturated heterocycles. The molecule has 46 heavy (non-hydrogen) atoms. The maximum absolute atomic E-state index is 13.8. The number of hydrogen-bond acceptors (Lipinski definition) is 8. The van der Waals surface area contributed by atoms with Crippen molar-refractivity contribution in [3.8, 4) is 11.5 Å². The zero-order valence-electron chi connectivity index (χ0n) is 26.3. The van der Waals surface area contributed by atoms with Gasteiger partial charge in [0.1, 0.15) is 23.6 Å². The number of aromatic nitrogens is 1. The van der Waals surface area contributed by atoms with Gasteiger partial charge in [0.05, 0.1) is 31.2 Å². The first-order valence-electron chi connectivity index (χ1n) is 15.0. The number of nitrogens with one attached hydrogen (secondary N) is 3. The molecule has 0 fully saturated rings. The molecule has 1 heterocycles. The Morgan fingerprint density at radius 2 is 1.35 bits per heavy atom. The maximum Gasteiger partial charge on any atom is 0.475 e. The van der Waals surface area contributed by atoms with Gasteiger partial charge in [0.2, 0.25) is 11.8 Å². The van der Waals surface area contributed by atoms with Crippen molar-refractivity contribution in [3.05, 3.63) is 102 Å². The quantitative estimate of drug-likeness (QED) is 0.134. The molecule has 0 unspecified atom stereocenters. The molecule has 11 nitrogen and oxygen atoms in total. The summed E-state index contributed by atoms with van der Waals surface area (Å²) < 4.78 is 10.4. The summed E-state index contributed by atoms with van der Waals surface area (Å²) in [7, 11) is 1.24. The fourth-order valence-electron chi connectivity index (χ4n) is 5.04. The second-order valence-electron chi connectivity index (χ2n) is 11.3. The summed E-state index contributed by atoms with van der Waals surface area (Å²) >= 11 is 0. The van der Waals surface area contributed by atoms with Gasteiger partial charge in [-0.3, -0.25) is 19.4 Å². The summed E-state index contributed by atoms with van der Waals surface area (Å²) in [5.74, 6) is -1.81. The third-order valence-corrected chi connectivity index (χ3v) is 7.65. The van der Waals surface area contributed by atoms with Crippen LogP contribution in [0.5, 0.6) is 11.5 Å². The first kappa shape index (κ1) is 33.9. The van der Waals surface area contributed by atoms with E-state index in [0.29, 0.717) is 22.6 Å². The zero-order valence-corrected chi connectivity index (χ0v) is 26.3. The van der Waals surface area contributed by atoms with Crippen molar-refractivity contribution < 1.29 is 33.9 Å². The third-order valence-electron chi connectivity index (χ3n) is 7.65. The van der Waals surface area contributed by atoms with Crippen LogP contribution in [0.25, 0.3) is 10.9 Å². The highest BCUT2D eigenvalue weighted by molar-refractivity contribution is 6.43. The molecule has 4 rings (SSSR count). The lowest BCUT2D eigenvalue weighted by atomic mass is 9.75. The Labute approximate surface area is 268 Å². The van der Waals surface area contributed by atoms with Gasteiger partial charge in [-0.05, 0) is 59.9 Å². The second kappa shape index (κ2) is 15.9. The molecule has 0 saturated carbocycles. The largest absolute Gasteiger partial charge is 0.497 e. The van der Waals surface area contributed by atoms with Gasteiger partial charge < -0.3 is 35.5 Å². The Morgan fingerprint density at radius 3 is 1.91 bits per heavy atom. The lowest BCUT2D eigenvalue weighted by Crippen LogP contribution is -2.59. The molecule has 240 valence electrons. The van der Waals surface area contributed by atoms with Gasteiger partial charge in [0, 0.05) is 18.0 Å².